The first-order valence-electron chi connectivity index (χ1n) is 4.60. The summed E-state index contributed by atoms with van der Waals surface area (Å²) in [6.45, 7) is 2.65. The van der Waals surface area contributed by atoms with Gasteiger partial charge < -0.3 is 10.2 Å². The summed E-state index contributed by atoms with van der Waals surface area (Å²) in [6.07, 6.45) is 4.25. The Morgan fingerprint density at radius 3 is 2.64 bits per heavy atom. The molecule has 11 heavy (non-hydrogen) atoms. The molecule has 1 aliphatic heterocycles. The highest BCUT2D eigenvalue weighted by molar-refractivity contribution is 5.01. The summed E-state index contributed by atoms with van der Waals surface area (Å²) in [5.41, 5.74) is 0.725. The van der Waals surface area contributed by atoms with Gasteiger partial charge >= 0.3 is 0 Å². The van der Waals surface area contributed by atoms with Gasteiger partial charge in [-0.2, -0.15) is 0 Å². The van der Waals surface area contributed by atoms with E-state index >= 15 is 0 Å². The SMILES string of the molecule is CNC1CC2(CCN(C)C2)C1. The van der Waals surface area contributed by atoms with Crippen LogP contribution in [0.4, 0.5) is 0 Å². The van der Waals surface area contributed by atoms with E-state index in [0.29, 0.717) is 0 Å². The molecule has 1 saturated heterocycles. The Labute approximate surface area is 69.0 Å². The fourth-order valence-corrected chi connectivity index (χ4v) is 2.68. The topological polar surface area (TPSA) is 15.3 Å². The summed E-state index contributed by atoms with van der Waals surface area (Å²) in [6, 6.07) is 0.821. The second-order valence-electron chi connectivity index (χ2n) is 4.38. The number of nitrogens with zero attached hydrogens (tertiary/aromatic N) is 1. The van der Waals surface area contributed by atoms with Gasteiger partial charge in [-0.25, -0.2) is 0 Å². The van der Waals surface area contributed by atoms with E-state index in [1.54, 1.807) is 0 Å². The predicted molar refractivity (Wildman–Crippen MR) is 46.6 cm³/mol. The van der Waals surface area contributed by atoms with Crippen molar-refractivity contribution >= 4 is 0 Å². The maximum absolute atomic E-state index is 3.35. The Morgan fingerprint density at radius 2 is 2.18 bits per heavy atom. The fourth-order valence-electron chi connectivity index (χ4n) is 2.68. The van der Waals surface area contributed by atoms with Crippen molar-refractivity contribution in [1.29, 1.82) is 0 Å². The van der Waals surface area contributed by atoms with Gasteiger partial charge in [0.15, 0.2) is 0 Å². The first kappa shape index (κ1) is 7.56. The van der Waals surface area contributed by atoms with Crippen LogP contribution in [0.3, 0.4) is 0 Å². The highest BCUT2D eigenvalue weighted by Gasteiger charge is 2.46. The van der Waals surface area contributed by atoms with Crippen LogP contribution in [-0.4, -0.2) is 38.1 Å². The molecule has 2 aliphatic rings. The minimum Gasteiger partial charge on any atom is -0.317 e. The molecule has 0 aromatic carbocycles. The fraction of sp³-hybridized carbons (Fsp3) is 1.00. The maximum Gasteiger partial charge on any atom is 0.00756 e. The molecule has 2 heteroatoms. The summed E-state index contributed by atoms with van der Waals surface area (Å²) in [4.78, 5) is 2.46. The third-order valence-corrected chi connectivity index (χ3v) is 3.40. The quantitative estimate of drug-likeness (QED) is 0.598. The van der Waals surface area contributed by atoms with Crippen molar-refractivity contribution in [2.45, 2.75) is 25.3 Å². The van der Waals surface area contributed by atoms with Crippen LogP contribution in [0.5, 0.6) is 0 Å². The molecule has 0 amide bonds. The molecule has 1 aliphatic carbocycles. The lowest BCUT2D eigenvalue weighted by Crippen LogP contribution is -2.48. The van der Waals surface area contributed by atoms with Crippen LogP contribution < -0.4 is 5.32 Å². The average molecular weight is 154 g/mol. The number of likely N-dealkylation sites (tertiary alicyclic amines) is 1. The normalized spacial score (nSPS) is 44.7. The first-order chi connectivity index (χ1) is 5.24. The van der Waals surface area contributed by atoms with Crippen molar-refractivity contribution in [3.8, 4) is 0 Å². The Morgan fingerprint density at radius 1 is 1.45 bits per heavy atom. The van der Waals surface area contributed by atoms with E-state index in [9.17, 15) is 0 Å². The van der Waals surface area contributed by atoms with Gasteiger partial charge in [-0.05, 0) is 45.3 Å². The molecule has 2 rings (SSSR count). The highest BCUT2D eigenvalue weighted by atomic mass is 15.1. The van der Waals surface area contributed by atoms with Gasteiger partial charge in [0.2, 0.25) is 0 Å². The summed E-state index contributed by atoms with van der Waals surface area (Å²) >= 11 is 0. The molecule has 1 spiro atoms. The van der Waals surface area contributed by atoms with E-state index in [1.807, 2.05) is 0 Å². The summed E-state index contributed by atoms with van der Waals surface area (Å²) in [5.74, 6) is 0. The third kappa shape index (κ3) is 1.18. The number of hydrogen-bond acceptors (Lipinski definition) is 2. The zero-order valence-electron chi connectivity index (χ0n) is 7.56. The molecule has 0 unspecified atom stereocenters. The lowest BCUT2D eigenvalue weighted by atomic mass is 9.65. The van der Waals surface area contributed by atoms with E-state index < -0.39 is 0 Å². The smallest absolute Gasteiger partial charge is 0.00756 e. The maximum atomic E-state index is 3.35. The third-order valence-electron chi connectivity index (χ3n) is 3.40. The van der Waals surface area contributed by atoms with E-state index in [1.165, 1.54) is 32.4 Å². The Balaban J connectivity index is 1.87. The summed E-state index contributed by atoms with van der Waals surface area (Å²) < 4.78 is 0. The first-order valence-corrected chi connectivity index (χ1v) is 4.60. The van der Waals surface area contributed by atoms with E-state index in [4.69, 9.17) is 0 Å². The minimum absolute atomic E-state index is 0.725. The van der Waals surface area contributed by atoms with Crippen molar-refractivity contribution in [3.05, 3.63) is 0 Å². The van der Waals surface area contributed by atoms with Gasteiger partial charge in [0.1, 0.15) is 0 Å². The molecule has 1 saturated carbocycles. The van der Waals surface area contributed by atoms with Crippen LogP contribution in [0.15, 0.2) is 0 Å². The second kappa shape index (κ2) is 2.46. The largest absolute Gasteiger partial charge is 0.317 e. The average Bonchev–Trinajstić information content (AvgIpc) is 2.28. The van der Waals surface area contributed by atoms with Crippen LogP contribution >= 0.6 is 0 Å². The molecular weight excluding hydrogens is 136 g/mol. The molecule has 2 fully saturated rings. The molecule has 0 aromatic heterocycles. The minimum atomic E-state index is 0.725. The van der Waals surface area contributed by atoms with Gasteiger partial charge in [0.25, 0.3) is 0 Å². The van der Waals surface area contributed by atoms with E-state index in [0.717, 1.165) is 11.5 Å². The molecule has 1 N–H and O–H groups in total. The zero-order chi connectivity index (χ0) is 7.90. The lowest BCUT2D eigenvalue weighted by molar-refractivity contribution is 0.0983. The second-order valence-corrected chi connectivity index (χ2v) is 4.38. The molecule has 0 radical (unpaired) electrons. The number of nitrogens with one attached hydrogen (secondary N) is 1. The monoisotopic (exact) mass is 154 g/mol. The Bertz CT molecular complexity index is 150. The van der Waals surface area contributed by atoms with Crippen LogP contribution in [0, 0.1) is 5.41 Å². The Kier molecular flexibility index (Phi) is 1.69. The van der Waals surface area contributed by atoms with E-state index in [2.05, 4.69) is 24.3 Å². The molecular formula is C9H18N2. The highest BCUT2D eigenvalue weighted by Crippen LogP contribution is 2.47. The van der Waals surface area contributed by atoms with Gasteiger partial charge in [0, 0.05) is 12.6 Å². The van der Waals surface area contributed by atoms with Gasteiger partial charge in [-0.3, -0.25) is 0 Å². The van der Waals surface area contributed by atoms with Crippen molar-refractivity contribution in [3.63, 3.8) is 0 Å². The summed E-state index contributed by atoms with van der Waals surface area (Å²) in [7, 11) is 4.32. The summed E-state index contributed by atoms with van der Waals surface area (Å²) in [5, 5.41) is 3.35. The molecule has 0 atom stereocenters. The van der Waals surface area contributed by atoms with E-state index in [-0.39, 0.29) is 0 Å². The van der Waals surface area contributed by atoms with Crippen molar-refractivity contribution < 1.29 is 0 Å². The molecule has 64 valence electrons. The van der Waals surface area contributed by atoms with Gasteiger partial charge in [-0.15, -0.1) is 0 Å². The zero-order valence-corrected chi connectivity index (χ0v) is 7.56. The predicted octanol–water partition coefficient (Wildman–Crippen LogP) is 0.690. The van der Waals surface area contributed by atoms with Crippen LogP contribution in [0.1, 0.15) is 19.3 Å². The lowest BCUT2D eigenvalue weighted by Gasteiger charge is -2.45. The molecule has 1 heterocycles. The number of hydrogen-bond donors (Lipinski definition) is 1. The van der Waals surface area contributed by atoms with Crippen LogP contribution in [0.25, 0.3) is 0 Å². The Hall–Kier alpha value is -0.0800. The van der Waals surface area contributed by atoms with Gasteiger partial charge in [0.05, 0.1) is 0 Å². The standard InChI is InChI=1S/C9H18N2/c1-10-8-5-9(6-8)3-4-11(2)7-9/h8,10H,3-7H2,1-2H3. The molecule has 0 aromatic rings. The van der Waals surface area contributed by atoms with Crippen molar-refractivity contribution in [2.24, 2.45) is 5.41 Å². The van der Waals surface area contributed by atoms with Gasteiger partial charge in [-0.1, -0.05) is 0 Å². The number of rotatable bonds is 1. The van der Waals surface area contributed by atoms with Crippen LogP contribution in [-0.2, 0) is 0 Å². The van der Waals surface area contributed by atoms with Crippen LogP contribution in [0.2, 0.25) is 0 Å². The van der Waals surface area contributed by atoms with Crippen molar-refractivity contribution in [1.82, 2.24) is 10.2 Å². The van der Waals surface area contributed by atoms with Crippen molar-refractivity contribution in [2.75, 3.05) is 27.2 Å². The molecule has 0 bridgehead atoms. The molecule has 2 nitrogen and oxygen atoms in total.